The van der Waals surface area contributed by atoms with E-state index in [0.29, 0.717) is 11.5 Å². The van der Waals surface area contributed by atoms with Gasteiger partial charge in [-0.3, -0.25) is 9.97 Å². The molecule has 146 valence electrons. The molecule has 0 spiro atoms. The molecule has 4 heterocycles. The zero-order chi connectivity index (χ0) is 18.7. The van der Waals surface area contributed by atoms with E-state index in [0.717, 1.165) is 48.1 Å². The van der Waals surface area contributed by atoms with E-state index in [9.17, 15) is 0 Å². The van der Waals surface area contributed by atoms with Crippen LogP contribution in [0, 0.1) is 12.1 Å². The van der Waals surface area contributed by atoms with Crippen LogP contribution in [0.4, 0.5) is 5.69 Å². The number of hydrogen-bond donors (Lipinski definition) is 0. The van der Waals surface area contributed by atoms with Crippen molar-refractivity contribution >= 4 is 5.69 Å². The predicted molar refractivity (Wildman–Crippen MR) is 105 cm³/mol. The molecule has 2 aliphatic heterocycles. The second-order valence-corrected chi connectivity index (χ2v) is 7.16. The van der Waals surface area contributed by atoms with Gasteiger partial charge in [0.1, 0.15) is 0 Å². The summed E-state index contributed by atoms with van der Waals surface area (Å²) in [5.74, 6) is 3.18. The summed E-state index contributed by atoms with van der Waals surface area (Å²) in [7, 11) is 2.06. The number of hydrogen-bond acceptors (Lipinski definition) is 4. The summed E-state index contributed by atoms with van der Waals surface area (Å²) in [6, 6.07) is 14.9. The van der Waals surface area contributed by atoms with Crippen molar-refractivity contribution in [2.45, 2.75) is 19.6 Å². The Labute approximate surface area is 183 Å². The minimum atomic E-state index is 0. The van der Waals surface area contributed by atoms with Gasteiger partial charge in [-0.2, -0.15) is 0 Å². The summed E-state index contributed by atoms with van der Waals surface area (Å²) in [4.78, 5) is 11.1. The fourth-order valence-corrected chi connectivity index (χ4v) is 4.02. The fraction of sp³-hybridized carbons (Fsp3) is 0.182. The summed E-state index contributed by atoms with van der Waals surface area (Å²) in [6.07, 6.45) is 8.63. The van der Waals surface area contributed by atoms with Crippen LogP contribution in [0.25, 0.3) is 22.8 Å². The maximum Gasteiger partial charge on any atom is 2.00 e. The predicted octanol–water partition coefficient (Wildman–Crippen LogP) is 3.77. The number of nitrogens with zero attached hydrogens (tertiary/aromatic N) is 5. The molecule has 0 atom stereocenters. The van der Waals surface area contributed by atoms with Crippen LogP contribution in [0.2, 0.25) is 0 Å². The molecule has 0 saturated heterocycles. The summed E-state index contributed by atoms with van der Waals surface area (Å²) >= 11 is 0. The minimum absolute atomic E-state index is 0. The molecule has 0 saturated carbocycles. The molecular weight excluding hydrogens is 545 g/mol. The quantitative estimate of drug-likeness (QED) is 0.349. The molecule has 0 radical (unpaired) electrons. The number of aromatic nitrogens is 4. The number of rotatable bonds is 2. The van der Waals surface area contributed by atoms with Gasteiger partial charge in [0.25, 0.3) is 0 Å². The Hall–Kier alpha value is -2.85. The SMILES string of the molecule is CN1Cn2ccnc2-c2[c-]c(Oc3[c-]c4c(cc3)CCn3ccnc3-4)ccc21.[Pt+2]. The van der Waals surface area contributed by atoms with Crippen LogP contribution < -0.4 is 9.64 Å². The Kier molecular flexibility index (Phi) is 4.32. The zero-order valence-electron chi connectivity index (χ0n) is 15.7. The van der Waals surface area contributed by atoms with Crippen LogP contribution in [0.3, 0.4) is 0 Å². The average Bonchev–Trinajstić information content (AvgIpc) is 3.37. The Morgan fingerprint density at radius 1 is 0.897 bits per heavy atom. The minimum Gasteiger partial charge on any atom is -0.497 e. The van der Waals surface area contributed by atoms with Gasteiger partial charge in [0.15, 0.2) is 0 Å². The molecule has 2 aromatic carbocycles. The first-order chi connectivity index (χ1) is 13.8. The number of anilines is 1. The molecule has 2 aromatic heterocycles. The smallest absolute Gasteiger partial charge is 0.497 e. The van der Waals surface area contributed by atoms with E-state index in [-0.39, 0.29) is 21.1 Å². The molecule has 0 N–H and O–H groups in total. The Morgan fingerprint density at radius 2 is 1.59 bits per heavy atom. The molecule has 2 aliphatic rings. The molecule has 29 heavy (non-hydrogen) atoms. The van der Waals surface area contributed by atoms with Crippen molar-refractivity contribution < 1.29 is 25.8 Å². The van der Waals surface area contributed by atoms with Crippen molar-refractivity contribution in [1.29, 1.82) is 0 Å². The standard InChI is InChI=1S/C22H17N5O.Pt/c1-25-14-27-11-8-24-22(27)19-13-17(4-5-20(19)25)28-16-3-2-15-6-9-26-10-7-23-21(26)18(15)12-16;/h2-5,7-8,10-11H,6,9,14H2,1H3;/q-2;+2. The van der Waals surface area contributed by atoms with E-state index in [1.54, 1.807) is 0 Å². The van der Waals surface area contributed by atoms with Gasteiger partial charge in [0.2, 0.25) is 0 Å². The van der Waals surface area contributed by atoms with Crippen molar-refractivity contribution in [3.05, 3.63) is 66.7 Å². The van der Waals surface area contributed by atoms with E-state index < -0.39 is 0 Å². The first kappa shape index (κ1) is 18.2. The van der Waals surface area contributed by atoms with Crippen molar-refractivity contribution in [1.82, 2.24) is 19.1 Å². The number of benzene rings is 2. The van der Waals surface area contributed by atoms with Gasteiger partial charge in [0.05, 0.1) is 18.3 Å². The molecule has 6 nitrogen and oxygen atoms in total. The summed E-state index contributed by atoms with van der Waals surface area (Å²) < 4.78 is 10.4. The largest absolute Gasteiger partial charge is 2.00 e. The van der Waals surface area contributed by atoms with E-state index in [1.165, 1.54) is 5.56 Å². The number of aryl methyl sites for hydroxylation is 2. The fourth-order valence-electron chi connectivity index (χ4n) is 4.02. The van der Waals surface area contributed by atoms with E-state index >= 15 is 0 Å². The molecule has 0 fully saturated rings. The maximum atomic E-state index is 6.13. The second-order valence-electron chi connectivity index (χ2n) is 7.16. The molecule has 4 aromatic rings. The Morgan fingerprint density at radius 3 is 2.41 bits per heavy atom. The summed E-state index contributed by atoms with van der Waals surface area (Å²) in [5, 5.41) is 0. The van der Waals surface area contributed by atoms with Crippen LogP contribution in [0.5, 0.6) is 11.5 Å². The van der Waals surface area contributed by atoms with Gasteiger partial charge in [-0.05, 0) is 19.2 Å². The molecule has 0 amide bonds. The van der Waals surface area contributed by atoms with Crippen LogP contribution >= 0.6 is 0 Å². The number of ether oxygens (including phenoxy) is 1. The van der Waals surface area contributed by atoms with Crippen LogP contribution in [0.15, 0.2) is 49.1 Å². The normalized spacial score (nSPS) is 13.6. The van der Waals surface area contributed by atoms with Gasteiger partial charge in [-0.1, -0.05) is 23.8 Å². The molecule has 0 bridgehead atoms. The van der Waals surface area contributed by atoms with Crippen molar-refractivity contribution in [3.63, 3.8) is 0 Å². The third-order valence-corrected chi connectivity index (χ3v) is 5.40. The molecule has 0 aliphatic carbocycles. The van der Waals surface area contributed by atoms with Gasteiger partial charge in [-0.15, -0.1) is 29.3 Å². The monoisotopic (exact) mass is 562 g/mol. The third-order valence-electron chi connectivity index (χ3n) is 5.40. The van der Waals surface area contributed by atoms with Crippen molar-refractivity contribution in [3.8, 4) is 34.3 Å². The van der Waals surface area contributed by atoms with E-state index in [4.69, 9.17) is 4.74 Å². The molecule has 7 heteroatoms. The van der Waals surface area contributed by atoms with Gasteiger partial charge in [-0.25, -0.2) is 0 Å². The summed E-state index contributed by atoms with van der Waals surface area (Å²) in [6.45, 7) is 1.73. The Balaban J connectivity index is 0.00000181. The molecule has 6 rings (SSSR count). The van der Waals surface area contributed by atoms with Crippen molar-refractivity contribution in [2.24, 2.45) is 0 Å². The topological polar surface area (TPSA) is 48.1 Å². The zero-order valence-corrected chi connectivity index (χ0v) is 18.0. The first-order valence-electron chi connectivity index (χ1n) is 9.30. The Bertz CT molecular complexity index is 1210. The van der Waals surface area contributed by atoms with Gasteiger partial charge < -0.3 is 18.8 Å². The van der Waals surface area contributed by atoms with Gasteiger partial charge in [0, 0.05) is 42.8 Å². The van der Waals surface area contributed by atoms with Crippen LogP contribution in [-0.2, 0) is 40.7 Å². The van der Waals surface area contributed by atoms with Crippen LogP contribution in [0.1, 0.15) is 5.56 Å². The second kappa shape index (κ2) is 6.89. The van der Waals surface area contributed by atoms with Crippen molar-refractivity contribution in [2.75, 3.05) is 11.9 Å². The van der Waals surface area contributed by atoms with E-state index in [1.807, 2.05) is 36.9 Å². The van der Waals surface area contributed by atoms with Crippen LogP contribution in [-0.4, -0.2) is 26.1 Å². The first-order valence-corrected chi connectivity index (χ1v) is 9.30. The number of fused-ring (bicyclic) bond motifs is 6. The number of imidazole rings is 2. The maximum absolute atomic E-state index is 6.13. The molecule has 0 unspecified atom stereocenters. The summed E-state index contributed by atoms with van der Waals surface area (Å²) in [5.41, 5.74) is 4.32. The van der Waals surface area contributed by atoms with Gasteiger partial charge >= 0.3 is 21.1 Å². The third kappa shape index (κ3) is 2.90. The molecular formula is C22H17N5OPt. The van der Waals surface area contributed by atoms with E-state index in [2.05, 4.69) is 55.3 Å². The average molecular weight is 562 g/mol.